The topological polar surface area (TPSA) is 46.3 Å². The van der Waals surface area contributed by atoms with E-state index in [0.29, 0.717) is 18.8 Å². The van der Waals surface area contributed by atoms with E-state index >= 15 is 0 Å². The van der Waals surface area contributed by atoms with Crippen LogP contribution in [-0.4, -0.2) is 29.4 Å². The molecule has 0 aromatic heterocycles. The summed E-state index contributed by atoms with van der Waals surface area (Å²) in [5.74, 6) is 0.831. The Labute approximate surface area is 128 Å². The summed E-state index contributed by atoms with van der Waals surface area (Å²) in [7, 11) is 0. The first kappa shape index (κ1) is 16.0. The minimum atomic E-state index is -0.660. The molecule has 3 nitrogen and oxygen atoms in total. The van der Waals surface area contributed by atoms with Crippen molar-refractivity contribution in [2.75, 3.05) is 13.1 Å². The van der Waals surface area contributed by atoms with Gasteiger partial charge in [0.25, 0.3) is 0 Å². The molecule has 1 aromatic rings. The Kier molecular flexibility index (Phi) is 5.40. The molecule has 3 heteroatoms. The number of hydrogen-bond donors (Lipinski definition) is 1. The molecule has 0 radical (unpaired) electrons. The molecule has 1 aliphatic heterocycles. The van der Waals surface area contributed by atoms with Gasteiger partial charge in [-0.25, -0.2) is 0 Å². The number of nitrogens with two attached hydrogens (primary N) is 1. The zero-order valence-corrected chi connectivity index (χ0v) is 13.3. The van der Waals surface area contributed by atoms with E-state index in [1.54, 1.807) is 0 Å². The molecular weight excluding hydrogens is 260 g/mol. The number of benzene rings is 1. The van der Waals surface area contributed by atoms with Crippen molar-refractivity contribution >= 4 is 5.91 Å². The third-order valence-corrected chi connectivity index (χ3v) is 4.96. The van der Waals surface area contributed by atoms with Crippen molar-refractivity contribution in [3.63, 3.8) is 0 Å². The van der Waals surface area contributed by atoms with Crippen molar-refractivity contribution in [1.29, 1.82) is 0 Å². The van der Waals surface area contributed by atoms with Crippen LogP contribution in [0.3, 0.4) is 0 Å². The molecule has 1 fully saturated rings. The van der Waals surface area contributed by atoms with E-state index in [1.807, 2.05) is 18.7 Å². The van der Waals surface area contributed by atoms with Crippen molar-refractivity contribution in [2.24, 2.45) is 11.7 Å². The zero-order chi connectivity index (χ0) is 15.3. The van der Waals surface area contributed by atoms with Crippen LogP contribution in [0.2, 0.25) is 0 Å². The van der Waals surface area contributed by atoms with Crippen LogP contribution in [0.5, 0.6) is 0 Å². The quantitative estimate of drug-likeness (QED) is 0.905. The van der Waals surface area contributed by atoms with Gasteiger partial charge in [0, 0.05) is 13.1 Å². The first-order valence-corrected chi connectivity index (χ1v) is 8.21. The fraction of sp³-hybridized carbons (Fsp3) is 0.611. The molecule has 0 bridgehead atoms. The Morgan fingerprint density at radius 1 is 1.19 bits per heavy atom. The third kappa shape index (κ3) is 3.85. The SMILES string of the molecule is CCC(N)(CC)C(=O)N1CCC(Cc2ccccc2)CC1. The second-order valence-corrected chi connectivity index (χ2v) is 6.29. The number of likely N-dealkylation sites (tertiary alicyclic amines) is 1. The summed E-state index contributed by atoms with van der Waals surface area (Å²) >= 11 is 0. The Balaban J connectivity index is 1.87. The smallest absolute Gasteiger partial charge is 0.242 e. The minimum Gasteiger partial charge on any atom is -0.341 e. The molecule has 21 heavy (non-hydrogen) atoms. The van der Waals surface area contributed by atoms with Gasteiger partial charge in [-0.15, -0.1) is 0 Å². The average Bonchev–Trinajstić information content (AvgIpc) is 2.55. The Hall–Kier alpha value is -1.35. The zero-order valence-electron chi connectivity index (χ0n) is 13.3. The summed E-state index contributed by atoms with van der Waals surface area (Å²) in [6.07, 6.45) is 4.73. The summed E-state index contributed by atoms with van der Waals surface area (Å²) in [5.41, 5.74) is 6.98. The van der Waals surface area contributed by atoms with E-state index in [9.17, 15) is 4.79 Å². The molecule has 116 valence electrons. The number of piperidine rings is 1. The molecule has 1 heterocycles. The third-order valence-electron chi connectivity index (χ3n) is 4.96. The summed E-state index contributed by atoms with van der Waals surface area (Å²) < 4.78 is 0. The van der Waals surface area contributed by atoms with Gasteiger partial charge in [0.15, 0.2) is 0 Å². The second-order valence-electron chi connectivity index (χ2n) is 6.29. The van der Waals surface area contributed by atoms with Gasteiger partial charge in [0.1, 0.15) is 0 Å². The van der Waals surface area contributed by atoms with Crippen molar-refractivity contribution in [1.82, 2.24) is 4.90 Å². The largest absolute Gasteiger partial charge is 0.341 e. The van der Waals surface area contributed by atoms with E-state index in [4.69, 9.17) is 5.73 Å². The lowest BCUT2D eigenvalue weighted by molar-refractivity contribution is -0.138. The van der Waals surface area contributed by atoms with Crippen molar-refractivity contribution in [3.05, 3.63) is 35.9 Å². The monoisotopic (exact) mass is 288 g/mol. The standard InChI is InChI=1S/C18H28N2O/c1-3-18(19,4-2)17(21)20-12-10-16(11-13-20)14-15-8-6-5-7-9-15/h5-9,16H,3-4,10-14,19H2,1-2H3. The number of carbonyl (C=O) groups excluding carboxylic acids is 1. The van der Waals surface area contributed by atoms with Gasteiger partial charge in [-0.1, -0.05) is 44.2 Å². The Morgan fingerprint density at radius 2 is 1.76 bits per heavy atom. The van der Waals surface area contributed by atoms with E-state index in [1.165, 1.54) is 5.56 Å². The van der Waals surface area contributed by atoms with Gasteiger partial charge in [0.2, 0.25) is 5.91 Å². The highest BCUT2D eigenvalue weighted by Gasteiger charge is 2.35. The number of carbonyl (C=O) groups is 1. The van der Waals surface area contributed by atoms with Crippen molar-refractivity contribution in [3.8, 4) is 0 Å². The Morgan fingerprint density at radius 3 is 2.29 bits per heavy atom. The number of hydrogen-bond acceptors (Lipinski definition) is 2. The van der Waals surface area contributed by atoms with Crippen LogP contribution in [0.25, 0.3) is 0 Å². The van der Waals surface area contributed by atoms with Crippen LogP contribution in [-0.2, 0) is 11.2 Å². The van der Waals surface area contributed by atoms with E-state index < -0.39 is 5.54 Å². The average molecular weight is 288 g/mol. The Bertz CT molecular complexity index is 446. The molecule has 2 N–H and O–H groups in total. The summed E-state index contributed by atoms with van der Waals surface area (Å²) in [6, 6.07) is 10.6. The fourth-order valence-corrected chi connectivity index (χ4v) is 3.15. The molecule has 1 aliphatic rings. The molecule has 0 atom stereocenters. The van der Waals surface area contributed by atoms with Crippen LogP contribution in [0.4, 0.5) is 0 Å². The maximum Gasteiger partial charge on any atom is 0.242 e. The maximum absolute atomic E-state index is 12.5. The van der Waals surface area contributed by atoms with Crippen LogP contribution in [0.15, 0.2) is 30.3 Å². The highest BCUT2D eigenvalue weighted by atomic mass is 16.2. The highest BCUT2D eigenvalue weighted by molar-refractivity contribution is 5.86. The molecule has 0 saturated carbocycles. The minimum absolute atomic E-state index is 0.144. The molecule has 1 aromatic carbocycles. The summed E-state index contributed by atoms with van der Waals surface area (Å²) in [5, 5.41) is 0. The van der Waals surface area contributed by atoms with E-state index in [2.05, 4.69) is 30.3 Å². The predicted molar refractivity (Wildman–Crippen MR) is 87.0 cm³/mol. The number of rotatable bonds is 5. The van der Waals surface area contributed by atoms with Crippen LogP contribution in [0.1, 0.15) is 45.1 Å². The van der Waals surface area contributed by atoms with E-state index in [0.717, 1.165) is 32.4 Å². The number of amides is 1. The lowest BCUT2D eigenvalue weighted by atomic mass is 9.87. The molecule has 1 amide bonds. The van der Waals surface area contributed by atoms with E-state index in [-0.39, 0.29) is 5.91 Å². The van der Waals surface area contributed by atoms with Gasteiger partial charge in [0.05, 0.1) is 5.54 Å². The molecule has 2 rings (SSSR count). The molecule has 1 saturated heterocycles. The molecular formula is C18H28N2O. The van der Waals surface area contributed by atoms with Gasteiger partial charge in [-0.2, -0.15) is 0 Å². The summed E-state index contributed by atoms with van der Waals surface area (Å²) in [6.45, 7) is 5.72. The predicted octanol–water partition coefficient (Wildman–Crippen LogP) is 2.99. The molecule has 0 unspecified atom stereocenters. The first-order chi connectivity index (χ1) is 10.1. The van der Waals surface area contributed by atoms with Crippen LogP contribution >= 0.6 is 0 Å². The molecule has 0 aliphatic carbocycles. The van der Waals surface area contributed by atoms with Gasteiger partial charge in [-0.05, 0) is 43.6 Å². The first-order valence-electron chi connectivity index (χ1n) is 8.21. The number of nitrogens with zero attached hydrogens (tertiary/aromatic N) is 1. The van der Waals surface area contributed by atoms with Gasteiger partial charge < -0.3 is 10.6 Å². The van der Waals surface area contributed by atoms with Crippen molar-refractivity contribution < 1.29 is 4.79 Å². The van der Waals surface area contributed by atoms with Gasteiger partial charge in [-0.3, -0.25) is 4.79 Å². The van der Waals surface area contributed by atoms with Gasteiger partial charge >= 0.3 is 0 Å². The molecule has 0 spiro atoms. The second kappa shape index (κ2) is 7.08. The maximum atomic E-state index is 12.5. The highest BCUT2D eigenvalue weighted by Crippen LogP contribution is 2.24. The summed E-state index contributed by atoms with van der Waals surface area (Å²) in [4.78, 5) is 14.5. The fourth-order valence-electron chi connectivity index (χ4n) is 3.15. The lowest BCUT2D eigenvalue weighted by Gasteiger charge is -2.37. The van der Waals surface area contributed by atoms with Crippen LogP contribution < -0.4 is 5.73 Å². The van der Waals surface area contributed by atoms with Crippen LogP contribution in [0, 0.1) is 5.92 Å². The van der Waals surface area contributed by atoms with Crippen molar-refractivity contribution in [2.45, 2.75) is 51.5 Å². The normalized spacial score (nSPS) is 17.0. The lowest BCUT2D eigenvalue weighted by Crippen LogP contribution is -2.56.